The van der Waals surface area contributed by atoms with Crippen LogP contribution in [0.2, 0.25) is 0 Å². The number of pyridine rings is 1. The molecule has 0 bridgehead atoms. The van der Waals surface area contributed by atoms with Crippen molar-refractivity contribution in [3.05, 3.63) is 75.0 Å². The predicted molar refractivity (Wildman–Crippen MR) is 114 cm³/mol. The van der Waals surface area contributed by atoms with E-state index in [9.17, 15) is 18.4 Å². The fourth-order valence-electron chi connectivity index (χ4n) is 3.49. The third kappa shape index (κ3) is 4.27. The minimum atomic E-state index is -0.756. The van der Waals surface area contributed by atoms with Crippen LogP contribution in [0.5, 0.6) is 0 Å². The van der Waals surface area contributed by atoms with Gasteiger partial charge in [-0.15, -0.1) is 0 Å². The van der Waals surface area contributed by atoms with Gasteiger partial charge in [-0.2, -0.15) is 9.45 Å². The lowest BCUT2D eigenvalue weighted by Gasteiger charge is -2.26. The Balaban J connectivity index is 1.51. The number of aromatic nitrogens is 3. The van der Waals surface area contributed by atoms with E-state index in [4.69, 9.17) is 4.84 Å². The third-order valence-electron chi connectivity index (χ3n) is 5.17. The molecular formula is C22H21F2N5O3. The summed E-state index contributed by atoms with van der Waals surface area (Å²) in [7, 11) is 1.44. The summed E-state index contributed by atoms with van der Waals surface area (Å²) in [5.41, 5.74) is 1.82. The molecule has 3 heterocycles. The monoisotopic (exact) mass is 441 g/mol. The largest absolute Gasteiger partial charge is 0.354 e. The Labute approximate surface area is 181 Å². The summed E-state index contributed by atoms with van der Waals surface area (Å²) in [6.45, 7) is 2.45. The molecule has 8 nitrogen and oxygen atoms in total. The number of benzene rings is 1. The fourth-order valence-corrected chi connectivity index (χ4v) is 3.49. The van der Waals surface area contributed by atoms with E-state index in [2.05, 4.69) is 20.3 Å². The average molecular weight is 441 g/mol. The van der Waals surface area contributed by atoms with Crippen molar-refractivity contribution in [2.24, 2.45) is 0 Å². The summed E-state index contributed by atoms with van der Waals surface area (Å²) in [6.07, 6.45) is 2.20. The van der Waals surface area contributed by atoms with Crippen molar-refractivity contribution in [2.75, 3.05) is 20.2 Å². The van der Waals surface area contributed by atoms with Crippen LogP contribution >= 0.6 is 0 Å². The summed E-state index contributed by atoms with van der Waals surface area (Å²) in [4.78, 5) is 39.8. The van der Waals surface area contributed by atoms with Crippen LogP contribution in [0.15, 0.2) is 35.1 Å². The Morgan fingerprint density at radius 2 is 2.09 bits per heavy atom. The lowest BCUT2D eigenvalue weighted by molar-refractivity contribution is -0.150. The first-order valence-corrected chi connectivity index (χ1v) is 10.1. The van der Waals surface area contributed by atoms with Crippen molar-refractivity contribution in [3.63, 3.8) is 0 Å². The summed E-state index contributed by atoms with van der Waals surface area (Å²) in [5.74, 6) is -1.75. The molecule has 0 aliphatic carbocycles. The number of halogens is 2. The van der Waals surface area contributed by atoms with Gasteiger partial charge in [0.1, 0.15) is 16.9 Å². The van der Waals surface area contributed by atoms with Crippen LogP contribution in [0.25, 0.3) is 16.6 Å². The van der Waals surface area contributed by atoms with E-state index in [1.165, 1.54) is 25.2 Å². The number of nitrogens with one attached hydrogen (secondary N) is 2. The predicted octanol–water partition coefficient (Wildman–Crippen LogP) is 2.35. The Bertz CT molecular complexity index is 1290. The second kappa shape index (κ2) is 8.93. The number of fused-ring (bicyclic) bond motifs is 1. The number of hydrogen-bond donors (Lipinski definition) is 2. The maximum atomic E-state index is 14.6. The lowest BCUT2D eigenvalue weighted by Crippen LogP contribution is -2.29. The van der Waals surface area contributed by atoms with E-state index in [0.717, 1.165) is 0 Å². The van der Waals surface area contributed by atoms with Gasteiger partial charge >= 0.3 is 0 Å². The third-order valence-corrected chi connectivity index (χ3v) is 5.17. The zero-order valence-corrected chi connectivity index (χ0v) is 17.5. The fraction of sp³-hybridized carbons (Fsp3) is 0.273. The minimum absolute atomic E-state index is 0.00961. The Morgan fingerprint density at radius 1 is 1.28 bits per heavy atom. The number of amides is 1. The molecule has 166 valence electrons. The van der Waals surface area contributed by atoms with Crippen LogP contribution in [0.4, 0.5) is 8.78 Å². The molecule has 0 fully saturated rings. The molecule has 1 amide bonds. The maximum Gasteiger partial charge on any atom is 0.270 e. The van der Waals surface area contributed by atoms with Crippen LogP contribution in [0, 0.1) is 11.8 Å². The molecule has 0 spiro atoms. The molecule has 0 radical (unpaired) electrons. The van der Waals surface area contributed by atoms with Gasteiger partial charge in [-0.1, -0.05) is 13.0 Å². The Kier molecular flexibility index (Phi) is 6.06. The van der Waals surface area contributed by atoms with Gasteiger partial charge in [-0.05, 0) is 41.8 Å². The van der Waals surface area contributed by atoms with Gasteiger partial charge in [0.05, 0.1) is 12.1 Å². The van der Waals surface area contributed by atoms with Gasteiger partial charge in [0.25, 0.3) is 11.5 Å². The number of nitrogens with zero attached hydrogens (tertiary/aromatic N) is 3. The molecule has 0 unspecified atom stereocenters. The van der Waals surface area contributed by atoms with Crippen LogP contribution < -0.4 is 10.9 Å². The summed E-state index contributed by atoms with van der Waals surface area (Å²) in [6, 6.07) is 5.96. The average Bonchev–Trinajstić information content (AvgIpc) is 2.78. The number of carbonyl (C=O) groups excluding carboxylic acids is 1. The quantitative estimate of drug-likeness (QED) is 0.590. The van der Waals surface area contributed by atoms with E-state index in [-0.39, 0.29) is 41.2 Å². The number of aromatic amines is 1. The van der Waals surface area contributed by atoms with Gasteiger partial charge in [0.2, 0.25) is 5.95 Å². The van der Waals surface area contributed by atoms with Crippen LogP contribution in [0.1, 0.15) is 34.2 Å². The van der Waals surface area contributed by atoms with Gasteiger partial charge in [-0.25, -0.2) is 14.4 Å². The molecule has 1 aromatic carbocycles. The van der Waals surface area contributed by atoms with Crippen molar-refractivity contribution < 1.29 is 18.4 Å². The highest BCUT2D eigenvalue weighted by Crippen LogP contribution is 2.23. The van der Waals surface area contributed by atoms with Gasteiger partial charge in [0.15, 0.2) is 5.82 Å². The highest BCUT2D eigenvalue weighted by atomic mass is 19.1. The van der Waals surface area contributed by atoms with Crippen molar-refractivity contribution in [3.8, 4) is 0 Å². The molecule has 2 aromatic heterocycles. The van der Waals surface area contributed by atoms with Crippen molar-refractivity contribution in [1.82, 2.24) is 25.3 Å². The first-order valence-electron chi connectivity index (χ1n) is 10.1. The molecule has 4 rings (SSSR count). The van der Waals surface area contributed by atoms with Gasteiger partial charge in [-0.3, -0.25) is 14.4 Å². The standard InChI is InChI=1S/C22H21F2N5O3/c1-3-16-22(31)28-18-9-12(8-15(23)19(18)26-16)10-29-7-6-13(11-32-29)14-4-5-17(21(30)25-2)27-20(14)24/h4-6,8-9H,3,7,10-11H2,1-2H3,(H,25,30)(H,28,31). The summed E-state index contributed by atoms with van der Waals surface area (Å²) < 4.78 is 28.9. The molecule has 0 atom stereocenters. The normalized spacial score (nSPS) is 14.4. The number of hydrogen-bond acceptors (Lipinski definition) is 6. The molecule has 10 heteroatoms. The minimum Gasteiger partial charge on any atom is -0.354 e. The van der Waals surface area contributed by atoms with E-state index in [1.807, 2.05) is 0 Å². The smallest absolute Gasteiger partial charge is 0.270 e. The molecule has 0 saturated carbocycles. The molecule has 3 aromatic rings. The Morgan fingerprint density at radius 3 is 2.75 bits per heavy atom. The lowest BCUT2D eigenvalue weighted by atomic mass is 10.1. The molecule has 0 saturated heterocycles. The second-order valence-electron chi connectivity index (χ2n) is 7.28. The maximum absolute atomic E-state index is 14.6. The van der Waals surface area contributed by atoms with Crippen LogP contribution in [0.3, 0.4) is 0 Å². The zero-order chi connectivity index (χ0) is 22.8. The number of carbonyl (C=O) groups is 1. The zero-order valence-electron chi connectivity index (χ0n) is 17.5. The molecule has 2 N–H and O–H groups in total. The topological polar surface area (TPSA) is 100 Å². The Hall–Kier alpha value is -3.50. The first-order chi connectivity index (χ1) is 15.4. The summed E-state index contributed by atoms with van der Waals surface area (Å²) in [5, 5.41) is 3.99. The summed E-state index contributed by atoms with van der Waals surface area (Å²) >= 11 is 0. The highest BCUT2D eigenvalue weighted by molar-refractivity contribution is 5.92. The SMILES string of the molecule is CCc1nc2c(F)cc(CN3CC=C(c4ccc(C(=O)NC)nc4F)CO3)cc2[nH]c1=O. The van der Waals surface area contributed by atoms with Crippen LogP contribution in [-0.2, 0) is 17.8 Å². The molecule has 1 aliphatic heterocycles. The number of H-pyrrole nitrogens is 1. The van der Waals surface area contributed by atoms with Gasteiger partial charge < -0.3 is 10.3 Å². The second-order valence-corrected chi connectivity index (χ2v) is 7.28. The molecular weight excluding hydrogens is 420 g/mol. The van der Waals surface area contributed by atoms with Crippen molar-refractivity contribution >= 4 is 22.5 Å². The van der Waals surface area contributed by atoms with Crippen molar-refractivity contribution in [1.29, 1.82) is 0 Å². The molecule has 1 aliphatic rings. The number of aryl methyl sites for hydroxylation is 1. The highest BCUT2D eigenvalue weighted by Gasteiger charge is 2.19. The van der Waals surface area contributed by atoms with E-state index in [0.29, 0.717) is 29.6 Å². The van der Waals surface area contributed by atoms with Crippen LogP contribution in [-0.4, -0.2) is 46.1 Å². The van der Waals surface area contributed by atoms with E-state index >= 15 is 0 Å². The van der Waals surface area contributed by atoms with E-state index < -0.39 is 17.7 Å². The van der Waals surface area contributed by atoms with Crippen molar-refractivity contribution in [2.45, 2.75) is 19.9 Å². The number of hydroxylamine groups is 2. The van der Waals surface area contributed by atoms with E-state index in [1.54, 1.807) is 24.1 Å². The number of rotatable bonds is 5. The first kappa shape index (κ1) is 21.7. The van der Waals surface area contributed by atoms with Gasteiger partial charge in [0, 0.05) is 25.7 Å². The molecule has 32 heavy (non-hydrogen) atoms.